The van der Waals surface area contributed by atoms with E-state index in [1.54, 1.807) is 36.5 Å². The smallest absolute Gasteiger partial charge is 0.301 e. The lowest BCUT2D eigenvalue weighted by molar-refractivity contribution is 0.373. The Labute approximate surface area is 113 Å². The number of rotatable bonds is 3. The van der Waals surface area contributed by atoms with Crippen LogP contribution in [-0.4, -0.2) is 26.6 Å². The maximum absolute atomic E-state index is 5.67. The molecule has 6 nitrogen and oxygen atoms in total. The topological polar surface area (TPSA) is 66.0 Å². The van der Waals surface area contributed by atoms with E-state index in [9.17, 15) is 0 Å². The first-order valence-electron chi connectivity index (χ1n) is 5.43. The Morgan fingerprint density at radius 1 is 1.26 bits per heavy atom. The minimum Gasteiger partial charge on any atom is -0.468 e. The van der Waals surface area contributed by atoms with E-state index in [1.165, 1.54) is 0 Å². The molecule has 0 amide bonds. The van der Waals surface area contributed by atoms with E-state index in [4.69, 9.17) is 20.8 Å². The number of pyridine rings is 1. The average Bonchev–Trinajstić information content (AvgIpc) is 3.07. The van der Waals surface area contributed by atoms with Gasteiger partial charge in [-0.2, -0.15) is 0 Å². The molecule has 0 spiro atoms. The summed E-state index contributed by atoms with van der Waals surface area (Å²) in [5.41, 5.74) is 0.820. The zero-order valence-electron chi connectivity index (χ0n) is 9.95. The maximum Gasteiger partial charge on any atom is 0.301 e. The summed E-state index contributed by atoms with van der Waals surface area (Å²) in [5.74, 6) is 1.24. The Bertz CT molecular complexity index is 707. The Morgan fingerprint density at radius 3 is 2.89 bits per heavy atom. The third-order valence-corrected chi connectivity index (χ3v) is 2.72. The summed E-state index contributed by atoms with van der Waals surface area (Å²) in [6.45, 7) is 0. The van der Waals surface area contributed by atoms with E-state index < -0.39 is 0 Å². The van der Waals surface area contributed by atoms with Crippen molar-refractivity contribution in [3.8, 4) is 23.2 Å². The van der Waals surface area contributed by atoms with Crippen LogP contribution in [0.3, 0.4) is 0 Å². The molecular formula is C12H9ClN4O2. The molecule has 0 aromatic carbocycles. The Hall–Kier alpha value is -2.34. The fraction of sp³-hybridized carbons (Fsp3) is 0.0833. The van der Waals surface area contributed by atoms with E-state index in [-0.39, 0.29) is 5.35 Å². The number of nitrogens with zero attached hydrogens (tertiary/aromatic N) is 4. The minimum atomic E-state index is 0.105. The summed E-state index contributed by atoms with van der Waals surface area (Å²) < 4.78 is 12.1. The third kappa shape index (κ3) is 2.17. The molecule has 0 aliphatic carbocycles. The van der Waals surface area contributed by atoms with Crippen molar-refractivity contribution in [3.05, 3.63) is 42.3 Å². The van der Waals surface area contributed by atoms with Crippen LogP contribution in [0.5, 0.6) is 6.01 Å². The van der Waals surface area contributed by atoms with Crippen molar-refractivity contribution in [1.82, 2.24) is 19.5 Å². The van der Waals surface area contributed by atoms with Gasteiger partial charge >= 0.3 is 6.01 Å². The average molecular weight is 277 g/mol. The molecule has 0 unspecified atom stereocenters. The van der Waals surface area contributed by atoms with Crippen LogP contribution >= 0.6 is 11.6 Å². The molecule has 19 heavy (non-hydrogen) atoms. The van der Waals surface area contributed by atoms with E-state index in [0.717, 1.165) is 5.56 Å². The van der Waals surface area contributed by atoms with Gasteiger partial charge in [0.25, 0.3) is 5.35 Å². The number of oxazole rings is 1. The van der Waals surface area contributed by atoms with Crippen LogP contribution in [0.1, 0.15) is 0 Å². The molecule has 0 aliphatic rings. The fourth-order valence-electron chi connectivity index (χ4n) is 1.70. The van der Waals surface area contributed by atoms with Gasteiger partial charge in [-0.1, -0.05) is 0 Å². The van der Waals surface area contributed by atoms with Crippen LogP contribution in [0.25, 0.3) is 17.1 Å². The van der Waals surface area contributed by atoms with Crippen molar-refractivity contribution >= 4 is 11.6 Å². The molecule has 0 N–H and O–H groups in total. The highest BCUT2D eigenvalue weighted by Gasteiger charge is 2.09. The van der Waals surface area contributed by atoms with Crippen molar-refractivity contribution in [2.75, 3.05) is 7.11 Å². The maximum atomic E-state index is 5.67. The number of halogens is 1. The number of aromatic nitrogens is 4. The number of ether oxygens (including phenoxy) is 1. The zero-order chi connectivity index (χ0) is 13.2. The molecule has 7 heteroatoms. The predicted molar refractivity (Wildman–Crippen MR) is 68.4 cm³/mol. The normalized spacial score (nSPS) is 10.6. The predicted octanol–water partition coefficient (Wildman–Crippen LogP) is 2.58. The number of methoxy groups -OCH3 is 1. The fourth-order valence-corrected chi connectivity index (χ4v) is 1.84. The first kappa shape index (κ1) is 11.7. The van der Waals surface area contributed by atoms with Gasteiger partial charge in [0.15, 0.2) is 5.76 Å². The molecule has 3 aromatic rings. The standard InChI is InChI=1S/C12H9ClN4O2/c1-18-12-15-4-5-17(12)10-6-8(2-3-14-10)9-7-16-11(13)19-9/h2-7H,1H3. The highest BCUT2D eigenvalue weighted by Crippen LogP contribution is 2.24. The van der Waals surface area contributed by atoms with E-state index in [2.05, 4.69) is 15.0 Å². The van der Waals surface area contributed by atoms with Gasteiger partial charge in [-0.15, -0.1) is 0 Å². The van der Waals surface area contributed by atoms with E-state index in [0.29, 0.717) is 17.6 Å². The van der Waals surface area contributed by atoms with Crippen LogP contribution in [0.2, 0.25) is 5.35 Å². The summed E-state index contributed by atoms with van der Waals surface area (Å²) in [5, 5.41) is 0.105. The molecule has 3 rings (SSSR count). The highest BCUT2D eigenvalue weighted by atomic mass is 35.5. The molecular weight excluding hydrogens is 268 g/mol. The van der Waals surface area contributed by atoms with Gasteiger partial charge in [0.1, 0.15) is 5.82 Å². The molecule has 3 heterocycles. The van der Waals surface area contributed by atoms with Gasteiger partial charge in [-0.3, -0.25) is 4.57 Å². The third-order valence-electron chi connectivity index (χ3n) is 2.54. The minimum absolute atomic E-state index is 0.105. The van der Waals surface area contributed by atoms with Crippen molar-refractivity contribution in [1.29, 1.82) is 0 Å². The van der Waals surface area contributed by atoms with Crippen molar-refractivity contribution < 1.29 is 9.15 Å². The Kier molecular flexibility index (Phi) is 2.92. The lowest BCUT2D eigenvalue weighted by atomic mass is 10.2. The number of imidazole rings is 1. The second-order valence-corrected chi connectivity index (χ2v) is 3.99. The van der Waals surface area contributed by atoms with Crippen LogP contribution in [0.15, 0.2) is 41.3 Å². The largest absolute Gasteiger partial charge is 0.468 e. The first-order valence-corrected chi connectivity index (χ1v) is 5.81. The van der Waals surface area contributed by atoms with Crippen molar-refractivity contribution in [3.63, 3.8) is 0 Å². The summed E-state index contributed by atoms with van der Waals surface area (Å²) >= 11 is 5.67. The second kappa shape index (κ2) is 4.74. The number of hydrogen-bond acceptors (Lipinski definition) is 5. The first-order chi connectivity index (χ1) is 9.28. The van der Waals surface area contributed by atoms with Gasteiger partial charge in [0, 0.05) is 24.2 Å². The van der Waals surface area contributed by atoms with Gasteiger partial charge < -0.3 is 9.15 Å². The van der Waals surface area contributed by atoms with E-state index in [1.807, 2.05) is 12.1 Å². The van der Waals surface area contributed by atoms with Crippen molar-refractivity contribution in [2.45, 2.75) is 0 Å². The lowest BCUT2D eigenvalue weighted by Crippen LogP contribution is -1.99. The summed E-state index contributed by atoms with van der Waals surface area (Å²) in [7, 11) is 1.55. The Morgan fingerprint density at radius 2 is 2.16 bits per heavy atom. The molecule has 0 saturated carbocycles. The van der Waals surface area contributed by atoms with Crippen LogP contribution < -0.4 is 4.74 Å². The van der Waals surface area contributed by atoms with Crippen LogP contribution in [-0.2, 0) is 0 Å². The molecule has 0 saturated heterocycles. The quantitative estimate of drug-likeness (QED) is 0.735. The molecule has 0 aliphatic heterocycles. The molecule has 0 radical (unpaired) electrons. The van der Waals surface area contributed by atoms with Crippen LogP contribution in [0.4, 0.5) is 0 Å². The van der Waals surface area contributed by atoms with Gasteiger partial charge in [0.05, 0.1) is 13.3 Å². The van der Waals surface area contributed by atoms with Gasteiger partial charge in [0.2, 0.25) is 0 Å². The molecule has 0 bridgehead atoms. The Balaban J connectivity index is 2.05. The van der Waals surface area contributed by atoms with E-state index >= 15 is 0 Å². The molecule has 96 valence electrons. The lowest BCUT2D eigenvalue weighted by Gasteiger charge is -2.06. The summed E-state index contributed by atoms with van der Waals surface area (Å²) in [6, 6.07) is 4.10. The summed E-state index contributed by atoms with van der Waals surface area (Å²) in [4.78, 5) is 12.2. The molecule has 3 aromatic heterocycles. The van der Waals surface area contributed by atoms with Crippen molar-refractivity contribution in [2.24, 2.45) is 0 Å². The van der Waals surface area contributed by atoms with Gasteiger partial charge in [-0.25, -0.2) is 15.0 Å². The zero-order valence-corrected chi connectivity index (χ0v) is 10.7. The molecule has 0 atom stereocenters. The monoisotopic (exact) mass is 276 g/mol. The van der Waals surface area contributed by atoms with Gasteiger partial charge in [-0.05, 0) is 23.7 Å². The summed E-state index contributed by atoms with van der Waals surface area (Å²) in [6.07, 6.45) is 6.63. The SMILES string of the molecule is COc1nccn1-c1cc(-c2cnc(Cl)o2)ccn1. The van der Waals surface area contributed by atoms with Crippen LogP contribution in [0, 0.1) is 0 Å². The molecule has 0 fully saturated rings. The highest BCUT2D eigenvalue weighted by molar-refractivity contribution is 6.27. The second-order valence-electron chi connectivity index (χ2n) is 3.66. The number of hydrogen-bond donors (Lipinski definition) is 0.